The van der Waals surface area contributed by atoms with Crippen LogP contribution in [0, 0.1) is 0 Å². The number of nitrogens with two attached hydrogens (primary N) is 1. The zero-order chi connectivity index (χ0) is 14.1. The van der Waals surface area contributed by atoms with E-state index in [9.17, 15) is 0 Å². The summed E-state index contributed by atoms with van der Waals surface area (Å²) in [5, 5.41) is 5.69. The normalized spacial score (nSPS) is 10.7. The van der Waals surface area contributed by atoms with E-state index in [0.717, 1.165) is 20.9 Å². The number of hydrogen-bond acceptors (Lipinski definition) is 4. The Kier molecular flexibility index (Phi) is 3.46. The molecule has 1 aromatic heterocycles. The van der Waals surface area contributed by atoms with Crippen LogP contribution in [-0.2, 0) is 0 Å². The summed E-state index contributed by atoms with van der Waals surface area (Å²) in [6, 6.07) is 12.0. The Hall–Kier alpha value is -1.85. The minimum atomic E-state index is 0.255. The fourth-order valence-corrected chi connectivity index (χ4v) is 2.59. The van der Waals surface area contributed by atoms with Crippen LogP contribution >= 0.6 is 27.5 Å². The molecule has 0 fully saturated rings. The van der Waals surface area contributed by atoms with Gasteiger partial charge in [-0.15, -0.1) is 0 Å². The Bertz CT molecular complexity index is 791. The summed E-state index contributed by atoms with van der Waals surface area (Å²) in [6.07, 6.45) is 1.38. The number of rotatable bonds is 2. The summed E-state index contributed by atoms with van der Waals surface area (Å²) in [5.74, 6) is 0.747. The van der Waals surface area contributed by atoms with E-state index < -0.39 is 0 Å². The van der Waals surface area contributed by atoms with Crippen LogP contribution in [0.3, 0.4) is 0 Å². The number of nitrogens with zero attached hydrogens (tertiary/aromatic N) is 2. The molecule has 3 aromatic rings. The molecule has 0 aliphatic heterocycles. The molecule has 0 aliphatic rings. The molecule has 6 heteroatoms. The number of hydrogen-bond donors (Lipinski definition) is 2. The topological polar surface area (TPSA) is 63.8 Å². The van der Waals surface area contributed by atoms with Crippen LogP contribution in [0.2, 0.25) is 5.02 Å². The standard InChI is InChI=1S/C14H10BrClN4/c15-10-5-6-11(9-4-2-1-3-8(9)10)20-14-12(16)13(17)18-7-19-14/h1-7H,(H3,17,18,19,20). The van der Waals surface area contributed by atoms with Gasteiger partial charge in [0.2, 0.25) is 0 Å². The molecule has 0 amide bonds. The lowest BCUT2D eigenvalue weighted by Gasteiger charge is -2.11. The summed E-state index contributed by atoms with van der Waals surface area (Å²) in [6.45, 7) is 0. The van der Waals surface area contributed by atoms with Crippen molar-refractivity contribution in [2.24, 2.45) is 0 Å². The van der Waals surface area contributed by atoms with Gasteiger partial charge in [-0.3, -0.25) is 0 Å². The molecule has 20 heavy (non-hydrogen) atoms. The molecule has 0 radical (unpaired) electrons. The molecule has 0 unspecified atom stereocenters. The maximum absolute atomic E-state index is 6.10. The van der Waals surface area contributed by atoms with Crippen molar-refractivity contribution >= 4 is 55.6 Å². The second-order valence-electron chi connectivity index (χ2n) is 4.19. The van der Waals surface area contributed by atoms with Crippen molar-refractivity contribution < 1.29 is 0 Å². The molecule has 0 atom stereocenters. The molecule has 3 N–H and O–H groups in total. The third-order valence-corrected chi connectivity index (χ3v) is 4.00. The molecule has 100 valence electrons. The van der Waals surface area contributed by atoms with Gasteiger partial charge in [-0.05, 0) is 17.5 Å². The molecule has 3 rings (SSSR count). The van der Waals surface area contributed by atoms with E-state index in [0.29, 0.717) is 10.8 Å². The summed E-state index contributed by atoms with van der Waals surface area (Å²) in [5.41, 5.74) is 6.59. The maximum Gasteiger partial charge on any atom is 0.154 e. The van der Waals surface area contributed by atoms with Crippen molar-refractivity contribution in [2.45, 2.75) is 0 Å². The van der Waals surface area contributed by atoms with Crippen molar-refractivity contribution in [1.82, 2.24) is 9.97 Å². The van der Waals surface area contributed by atoms with Gasteiger partial charge in [0, 0.05) is 15.5 Å². The molecular formula is C14H10BrClN4. The first kappa shape index (κ1) is 13.1. The molecule has 0 bridgehead atoms. The second-order valence-corrected chi connectivity index (χ2v) is 5.42. The van der Waals surface area contributed by atoms with E-state index in [4.69, 9.17) is 17.3 Å². The minimum Gasteiger partial charge on any atom is -0.382 e. The number of aromatic nitrogens is 2. The van der Waals surface area contributed by atoms with E-state index in [1.54, 1.807) is 0 Å². The highest BCUT2D eigenvalue weighted by atomic mass is 79.9. The number of fused-ring (bicyclic) bond motifs is 1. The van der Waals surface area contributed by atoms with E-state index in [1.165, 1.54) is 6.33 Å². The largest absolute Gasteiger partial charge is 0.382 e. The average Bonchev–Trinajstić information content (AvgIpc) is 2.47. The van der Waals surface area contributed by atoms with Crippen LogP contribution in [0.15, 0.2) is 47.2 Å². The van der Waals surface area contributed by atoms with Gasteiger partial charge < -0.3 is 11.1 Å². The monoisotopic (exact) mass is 348 g/mol. The average molecular weight is 350 g/mol. The number of halogens is 2. The van der Waals surface area contributed by atoms with E-state index >= 15 is 0 Å². The second kappa shape index (κ2) is 5.26. The van der Waals surface area contributed by atoms with Gasteiger partial charge in [-0.2, -0.15) is 0 Å². The highest BCUT2D eigenvalue weighted by Crippen LogP contribution is 2.33. The summed E-state index contributed by atoms with van der Waals surface area (Å²) in [7, 11) is 0. The third kappa shape index (κ3) is 2.30. The molecule has 0 aliphatic carbocycles. The van der Waals surface area contributed by atoms with Crippen LogP contribution < -0.4 is 11.1 Å². The fraction of sp³-hybridized carbons (Fsp3) is 0. The number of anilines is 3. The number of benzene rings is 2. The number of nitrogens with one attached hydrogen (secondary N) is 1. The lowest BCUT2D eigenvalue weighted by atomic mass is 10.1. The first-order chi connectivity index (χ1) is 9.66. The SMILES string of the molecule is Nc1ncnc(Nc2ccc(Br)c3ccccc23)c1Cl. The molecule has 2 aromatic carbocycles. The lowest BCUT2D eigenvalue weighted by Crippen LogP contribution is -2.00. The molecule has 0 saturated heterocycles. The van der Waals surface area contributed by atoms with Crippen molar-refractivity contribution in [1.29, 1.82) is 0 Å². The summed E-state index contributed by atoms with van der Waals surface area (Å²) in [4.78, 5) is 7.96. The third-order valence-electron chi connectivity index (χ3n) is 2.94. The van der Waals surface area contributed by atoms with Crippen molar-refractivity contribution in [2.75, 3.05) is 11.1 Å². The Labute approximate surface area is 129 Å². The van der Waals surface area contributed by atoms with Gasteiger partial charge in [0.25, 0.3) is 0 Å². The lowest BCUT2D eigenvalue weighted by molar-refractivity contribution is 1.18. The highest BCUT2D eigenvalue weighted by Gasteiger charge is 2.09. The van der Waals surface area contributed by atoms with Gasteiger partial charge in [-0.25, -0.2) is 9.97 Å². The van der Waals surface area contributed by atoms with Crippen LogP contribution in [0.4, 0.5) is 17.3 Å². The molecule has 4 nitrogen and oxygen atoms in total. The predicted molar refractivity (Wildman–Crippen MR) is 86.4 cm³/mol. The smallest absolute Gasteiger partial charge is 0.154 e. The van der Waals surface area contributed by atoms with E-state index in [2.05, 4.69) is 31.2 Å². The van der Waals surface area contributed by atoms with Gasteiger partial charge in [-0.1, -0.05) is 51.8 Å². The predicted octanol–water partition coefficient (Wildman–Crippen LogP) is 4.37. The van der Waals surface area contributed by atoms with E-state index in [-0.39, 0.29) is 5.82 Å². The molecular weight excluding hydrogens is 340 g/mol. The molecule has 0 spiro atoms. The van der Waals surface area contributed by atoms with Crippen LogP contribution in [0.1, 0.15) is 0 Å². The quantitative estimate of drug-likeness (QED) is 0.721. The molecule has 0 saturated carbocycles. The zero-order valence-electron chi connectivity index (χ0n) is 10.3. The Morgan fingerprint density at radius 2 is 1.80 bits per heavy atom. The summed E-state index contributed by atoms with van der Waals surface area (Å²) < 4.78 is 1.03. The van der Waals surface area contributed by atoms with E-state index in [1.807, 2.05) is 36.4 Å². The van der Waals surface area contributed by atoms with Crippen LogP contribution in [0.25, 0.3) is 10.8 Å². The van der Waals surface area contributed by atoms with Gasteiger partial charge in [0.05, 0.1) is 0 Å². The fourth-order valence-electron chi connectivity index (χ4n) is 1.97. The van der Waals surface area contributed by atoms with Gasteiger partial charge in [0.1, 0.15) is 17.2 Å². The Morgan fingerprint density at radius 3 is 2.60 bits per heavy atom. The Balaban J connectivity index is 2.12. The maximum atomic E-state index is 6.10. The first-order valence-corrected chi connectivity index (χ1v) is 7.04. The zero-order valence-corrected chi connectivity index (χ0v) is 12.6. The van der Waals surface area contributed by atoms with Gasteiger partial charge >= 0.3 is 0 Å². The van der Waals surface area contributed by atoms with Crippen molar-refractivity contribution in [3.8, 4) is 0 Å². The minimum absolute atomic E-state index is 0.255. The number of nitrogen functional groups attached to an aromatic ring is 1. The van der Waals surface area contributed by atoms with Crippen LogP contribution in [-0.4, -0.2) is 9.97 Å². The van der Waals surface area contributed by atoms with Gasteiger partial charge in [0.15, 0.2) is 5.82 Å². The Morgan fingerprint density at radius 1 is 1.05 bits per heavy atom. The first-order valence-electron chi connectivity index (χ1n) is 5.87. The molecule has 1 heterocycles. The van der Waals surface area contributed by atoms with Crippen molar-refractivity contribution in [3.63, 3.8) is 0 Å². The van der Waals surface area contributed by atoms with Crippen LogP contribution in [0.5, 0.6) is 0 Å². The summed E-state index contributed by atoms with van der Waals surface area (Å²) >= 11 is 9.65. The highest BCUT2D eigenvalue weighted by molar-refractivity contribution is 9.10. The van der Waals surface area contributed by atoms with Crippen molar-refractivity contribution in [3.05, 3.63) is 52.2 Å².